The van der Waals surface area contributed by atoms with Gasteiger partial charge in [0.1, 0.15) is 5.01 Å². The van der Waals surface area contributed by atoms with Crippen molar-refractivity contribution in [2.45, 2.75) is 19.9 Å². The monoisotopic (exact) mass is 339 g/mol. The first-order chi connectivity index (χ1) is 11.7. The predicted octanol–water partition coefficient (Wildman–Crippen LogP) is 2.14. The number of rotatable bonds is 3. The molecule has 0 radical (unpaired) electrons. The van der Waals surface area contributed by atoms with Gasteiger partial charge in [0.25, 0.3) is 5.56 Å². The highest BCUT2D eigenvalue weighted by molar-refractivity contribution is 7.16. The van der Waals surface area contributed by atoms with Crippen LogP contribution < -0.4 is 5.56 Å². The van der Waals surface area contributed by atoms with Crippen LogP contribution >= 0.6 is 11.3 Å². The van der Waals surface area contributed by atoms with Crippen LogP contribution in [0.4, 0.5) is 0 Å². The number of hydrogen-bond acceptors (Lipinski definition) is 6. The maximum atomic E-state index is 12.0. The van der Waals surface area contributed by atoms with Gasteiger partial charge in [-0.25, -0.2) is 4.98 Å². The lowest BCUT2D eigenvalue weighted by Gasteiger charge is -2.26. The fourth-order valence-corrected chi connectivity index (χ4v) is 3.91. The van der Waals surface area contributed by atoms with Crippen LogP contribution in [0.1, 0.15) is 22.7 Å². The van der Waals surface area contributed by atoms with Gasteiger partial charge < -0.3 is 0 Å². The fraction of sp³-hybridized carbons (Fsp3) is 0.294. The quantitative estimate of drug-likeness (QED) is 0.731. The Bertz CT molecular complexity index is 960. The zero-order valence-electron chi connectivity index (χ0n) is 13.3. The van der Waals surface area contributed by atoms with Crippen LogP contribution in [-0.2, 0) is 6.54 Å². The lowest BCUT2D eigenvalue weighted by molar-refractivity contribution is 0.295. The normalized spacial score (nSPS) is 15.6. The molecule has 0 spiro atoms. The summed E-state index contributed by atoms with van der Waals surface area (Å²) in [4.78, 5) is 23.6. The van der Waals surface area contributed by atoms with Gasteiger partial charge >= 0.3 is 0 Å². The molecule has 0 bridgehead atoms. The van der Waals surface area contributed by atoms with E-state index >= 15 is 0 Å². The Morgan fingerprint density at radius 3 is 3.12 bits per heavy atom. The molecule has 6 nitrogen and oxygen atoms in total. The van der Waals surface area contributed by atoms with Gasteiger partial charge in [0.05, 0.1) is 6.54 Å². The van der Waals surface area contributed by atoms with Crippen molar-refractivity contribution in [1.82, 2.24) is 24.5 Å². The summed E-state index contributed by atoms with van der Waals surface area (Å²) in [5.41, 5.74) is 3.08. The van der Waals surface area contributed by atoms with E-state index in [-0.39, 0.29) is 5.56 Å². The molecule has 4 heterocycles. The number of pyridine rings is 1. The molecule has 0 unspecified atom stereocenters. The number of aryl methyl sites for hydroxylation is 1. The molecule has 24 heavy (non-hydrogen) atoms. The third-order valence-electron chi connectivity index (χ3n) is 4.04. The molecule has 0 aromatic carbocycles. The number of hydrogen-bond donors (Lipinski definition) is 0. The van der Waals surface area contributed by atoms with Gasteiger partial charge in [-0.15, -0.1) is 0 Å². The second-order valence-corrected chi connectivity index (χ2v) is 6.94. The van der Waals surface area contributed by atoms with Gasteiger partial charge in [0, 0.05) is 37.2 Å². The molecule has 0 fully saturated rings. The van der Waals surface area contributed by atoms with Crippen molar-refractivity contribution in [2.75, 3.05) is 13.1 Å². The Morgan fingerprint density at radius 1 is 1.38 bits per heavy atom. The summed E-state index contributed by atoms with van der Waals surface area (Å²) < 4.78 is 1.40. The predicted molar refractivity (Wildman–Crippen MR) is 94.0 cm³/mol. The van der Waals surface area contributed by atoms with E-state index in [1.807, 2.05) is 19.2 Å². The van der Waals surface area contributed by atoms with Gasteiger partial charge in [-0.2, -0.15) is 9.61 Å². The van der Waals surface area contributed by atoms with Gasteiger partial charge in [0.2, 0.25) is 4.96 Å². The first kappa shape index (κ1) is 15.2. The number of nitrogens with zero attached hydrogens (tertiary/aromatic N) is 5. The molecule has 0 amide bonds. The Labute approximate surface area is 143 Å². The molecular weight excluding hydrogens is 322 g/mol. The van der Waals surface area contributed by atoms with Crippen LogP contribution in [0, 0.1) is 6.92 Å². The van der Waals surface area contributed by atoms with Crippen molar-refractivity contribution in [1.29, 1.82) is 0 Å². The minimum Gasteiger partial charge on any atom is -0.292 e. The Morgan fingerprint density at radius 2 is 2.29 bits per heavy atom. The molecule has 1 aliphatic heterocycles. The number of fused-ring (bicyclic) bond motifs is 1. The lowest BCUT2D eigenvalue weighted by Crippen LogP contribution is -2.29. The molecule has 3 aromatic heterocycles. The number of aromatic nitrogens is 4. The van der Waals surface area contributed by atoms with E-state index in [4.69, 9.17) is 0 Å². The average Bonchev–Trinajstić information content (AvgIpc) is 2.98. The third kappa shape index (κ3) is 3.00. The topological polar surface area (TPSA) is 63.4 Å². The second kappa shape index (κ2) is 6.26. The first-order valence-corrected chi connectivity index (χ1v) is 8.69. The van der Waals surface area contributed by atoms with Crippen molar-refractivity contribution in [2.24, 2.45) is 0 Å². The van der Waals surface area contributed by atoms with Gasteiger partial charge in [0.15, 0.2) is 0 Å². The molecule has 0 saturated carbocycles. The Balaban J connectivity index is 1.55. The summed E-state index contributed by atoms with van der Waals surface area (Å²) in [5.74, 6) is 0. The molecule has 0 N–H and O–H groups in total. The summed E-state index contributed by atoms with van der Waals surface area (Å²) in [6.07, 6.45) is 6.98. The van der Waals surface area contributed by atoms with Gasteiger partial charge in [-0.1, -0.05) is 23.5 Å². The summed E-state index contributed by atoms with van der Waals surface area (Å²) in [5, 5.41) is 5.35. The molecule has 0 atom stereocenters. The first-order valence-electron chi connectivity index (χ1n) is 7.87. The van der Waals surface area contributed by atoms with E-state index in [9.17, 15) is 4.79 Å². The molecule has 7 heteroatoms. The largest absolute Gasteiger partial charge is 0.292 e. The zero-order chi connectivity index (χ0) is 16.5. The molecule has 122 valence electrons. The van der Waals surface area contributed by atoms with Crippen LogP contribution in [0.2, 0.25) is 0 Å². The molecule has 3 aromatic rings. The smallest absolute Gasteiger partial charge is 0.275 e. The second-order valence-electron chi connectivity index (χ2n) is 5.90. The Hall–Kier alpha value is -2.38. The van der Waals surface area contributed by atoms with Crippen molar-refractivity contribution in [3.63, 3.8) is 0 Å². The van der Waals surface area contributed by atoms with Crippen molar-refractivity contribution >= 4 is 21.9 Å². The van der Waals surface area contributed by atoms with E-state index in [2.05, 4.69) is 32.1 Å². The summed E-state index contributed by atoms with van der Waals surface area (Å²) >= 11 is 1.48. The third-order valence-corrected chi connectivity index (χ3v) is 4.93. The molecular formula is C17H17N5OS. The highest BCUT2D eigenvalue weighted by atomic mass is 32.1. The maximum absolute atomic E-state index is 12.0. The summed E-state index contributed by atoms with van der Waals surface area (Å²) in [6, 6.07) is 5.57. The highest BCUT2D eigenvalue weighted by Gasteiger charge is 2.17. The summed E-state index contributed by atoms with van der Waals surface area (Å²) in [7, 11) is 0. The van der Waals surface area contributed by atoms with E-state index < -0.39 is 0 Å². The summed E-state index contributed by atoms with van der Waals surface area (Å²) in [6.45, 7) is 4.41. The molecule has 0 saturated heterocycles. The lowest BCUT2D eigenvalue weighted by atomic mass is 10.0. The van der Waals surface area contributed by atoms with Crippen LogP contribution in [-0.4, -0.2) is 37.6 Å². The van der Waals surface area contributed by atoms with Gasteiger partial charge in [-0.3, -0.25) is 14.7 Å². The van der Waals surface area contributed by atoms with Crippen LogP contribution in [0.3, 0.4) is 0 Å². The minimum atomic E-state index is -0.116. The molecule has 4 rings (SSSR count). The average molecular weight is 339 g/mol. The van der Waals surface area contributed by atoms with Crippen LogP contribution in [0.5, 0.6) is 0 Å². The van der Waals surface area contributed by atoms with E-state index in [0.717, 1.165) is 36.8 Å². The SMILES string of the molecule is Cc1cc(=O)n2nc(CN3CCC=C(c4cccnc4)C3)sc2n1. The highest BCUT2D eigenvalue weighted by Crippen LogP contribution is 2.22. The standard InChI is InChI=1S/C17H17N5OS/c1-12-8-16(23)22-17(19-12)24-15(20-22)11-21-7-3-5-14(10-21)13-4-2-6-18-9-13/h2,4-6,8-9H,3,7,10-11H2,1H3. The van der Waals surface area contributed by atoms with Gasteiger partial charge in [-0.05, 0) is 30.5 Å². The van der Waals surface area contributed by atoms with E-state index in [1.165, 1.54) is 33.1 Å². The van der Waals surface area contributed by atoms with Crippen LogP contribution in [0.15, 0.2) is 41.5 Å². The molecule has 1 aliphatic rings. The van der Waals surface area contributed by atoms with Crippen molar-refractivity contribution in [3.8, 4) is 0 Å². The van der Waals surface area contributed by atoms with Crippen LogP contribution in [0.25, 0.3) is 10.5 Å². The zero-order valence-corrected chi connectivity index (χ0v) is 14.2. The fourth-order valence-electron chi connectivity index (χ4n) is 2.92. The van der Waals surface area contributed by atoms with E-state index in [1.54, 1.807) is 6.20 Å². The Kier molecular flexibility index (Phi) is 3.95. The minimum absolute atomic E-state index is 0.116. The van der Waals surface area contributed by atoms with E-state index in [0.29, 0.717) is 4.96 Å². The van der Waals surface area contributed by atoms with Crippen molar-refractivity contribution in [3.05, 3.63) is 63.3 Å². The maximum Gasteiger partial charge on any atom is 0.275 e. The molecule has 0 aliphatic carbocycles. The van der Waals surface area contributed by atoms with Crippen molar-refractivity contribution < 1.29 is 0 Å².